The molecule has 2 aromatic carbocycles. The highest BCUT2D eigenvalue weighted by molar-refractivity contribution is 14.1. The summed E-state index contributed by atoms with van der Waals surface area (Å²) >= 11 is 7.87. The molecule has 3 aromatic rings. The Hall–Kier alpha value is -3.07. The molecular formula is C25H25ClFIN6O4. The lowest BCUT2D eigenvalue weighted by Gasteiger charge is -2.30. The van der Waals surface area contributed by atoms with Crippen molar-refractivity contribution >= 4 is 63.7 Å². The number of carbonyl (C=O) groups excluding carboxylic acids is 3. The number of nitrogens with zero attached hydrogens (tertiary/aromatic N) is 2. The van der Waals surface area contributed by atoms with Crippen LogP contribution in [0.4, 0.5) is 15.8 Å². The number of nitrogens with one attached hydrogen (secondary N) is 4. The van der Waals surface area contributed by atoms with E-state index < -0.39 is 23.5 Å². The van der Waals surface area contributed by atoms with E-state index in [-0.39, 0.29) is 28.1 Å². The van der Waals surface area contributed by atoms with Crippen molar-refractivity contribution in [3.8, 4) is 0 Å². The van der Waals surface area contributed by atoms with Crippen molar-refractivity contribution in [2.75, 3.05) is 36.8 Å². The van der Waals surface area contributed by atoms with E-state index in [1.807, 2.05) is 23.0 Å². The van der Waals surface area contributed by atoms with E-state index in [1.54, 1.807) is 24.3 Å². The number of carbonyl (C=O) groups is 3. The monoisotopic (exact) mass is 654 g/mol. The molecule has 0 aliphatic carbocycles. The molecule has 1 aliphatic heterocycles. The van der Waals surface area contributed by atoms with Crippen molar-refractivity contribution in [3.05, 3.63) is 76.6 Å². The molecule has 1 aliphatic rings. The van der Waals surface area contributed by atoms with E-state index in [1.165, 1.54) is 12.4 Å². The second-order valence-corrected chi connectivity index (χ2v) is 9.54. The number of rotatable bonds is 9. The van der Waals surface area contributed by atoms with E-state index in [0.717, 1.165) is 38.1 Å². The second-order valence-electron chi connectivity index (χ2n) is 8.62. The lowest BCUT2D eigenvalue weighted by atomic mass is 10.1. The molecule has 0 bridgehead atoms. The summed E-state index contributed by atoms with van der Waals surface area (Å²) in [5.74, 6) is -2.02. The predicted octanol–water partition coefficient (Wildman–Crippen LogP) is 4.27. The number of amides is 3. The Morgan fingerprint density at radius 3 is 2.34 bits per heavy atom. The lowest BCUT2D eigenvalue weighted by Crippen LogP contribution is -2.41. The maximum atomic E-state index is 13.2. The van der Waals surface area contributed by atoms with E-state index in [0.29, 0.717) is 24.5 Å². The van der Waals surface area contributed by atoms with Gasteiger partial charge in [0.2, 0.25) is 0 Å². The van der Waals surface area contributed by atoms with Crippen molar-refractivity contribution in [2.45, 2.75) is 18.9 Å². The minimum Gasteiger partial charge on any atom is -0.349 e. The zero-order chi connectivity index (χ0) is 27.1. The number of halogens is 3. The third kappa shape index (κ3) is 7.28. The van der Waals surface area contributed by atoms with Crippen LogP contribution in [0.2, 0.25) is 5.02 Å². The zero-order valence-corrected chi connectivity index (χ0v) is 23.0. The Kier molecular flexibility index (Phi) is 9.66. The summed E-state index contributed by atoms with van der Waals surface area (Å²) in [6, 6.07) is 9.83. The standard InChI is InChI=1S/C25H25ClFIN6O4/c26-20-13-15(27)1-6-19(20)23(35)32-16-2-4-17(5-3-16)33-25(37)22-21(30-14-31-22)24(36)29-9-12-34-10-7-18(38-28)8-11-34/h1-6,13-14,18H,7-12H2,(H,29,36)(H,30,31)(H,32,35)(H,33,37). The Morgan fingerprint density at radius 2 is 1.71 bits per heavy atom. The number of benzene rings is 2. The number of hydrogen-bond donors (Lipinski definition) is 4. The van der Waals surface area contributed by atoms with Crippen molar-refractivity contribution < 1.29 is 21.8 Å². The van der Waals surface area contributed by atoms with Gasteiger partial charge in [0.05, 0.1) is 23.0 Å². The quantitative estimate of drug-likeness (QED) is 0.255. The van der Waals surface area contributed by atoms with Crippen molar-refractivity contribution in [1.29, 1.82) is 0 Å². The SMILES string of the molecule is O=C(Nc1ccc(NC(=O)c2nc[nH]c2C(=O)NCCN2CCC(OI)CC2)cc1)c1ccc(F)cc1Cl. The topological polar surface area (TPSA) is 128 Å². The van der Waals surface area contributed by atoms with Crippen molar-refractivity contribution in [2.24, 2.45) is 0 Å². The molecule has 0 radical (unpaired) electrons. The number of anilines is 2. The van der Waals surface area contributed by atoms with Crippen LogP contribution in [0.3, 0.4) is 0 Å². The van der Waals surface area contributed by atoms with Gasteiger partial charge in [-0.3, -0.25) is 14.4 Å². The molecule has 0 unspecified atom stereocenters. The van der Waals surface area contributed by atoms with Gasteiger partial charge >= 0.3 is 0 Å². The van der Waals surface area contributed by atoms with Gasteiger partial charge in [-0.1, -0.05) is 11.6 Å². The first-order valence-corrected chi connectivity index (χ1v) is 13.1. The molecule has 2 heterocycles. The van der Waals surface area contributed by atoms with Gasteiger partial charge in [0.1, 0.15) is 34.5 Å². The van der Waals surface area contributed by atoms with Crippen LogP contribution in [0, 0.1) is 5.82 Å². The Labute approximate surface area is 237 Å². The van der Waals surface area contributed by atoms with Gasteiger partial charge in [0.15, 0.2) is 5.69 Å². The highest BCUT2D eigenvalue weighted by atomic mass is 127. The summed E-state index contributed by atoms with van der Waals surface area (Å²) in [4.78, 5) is 46.8. The molecule has 38 heavy (non-hydrogen) atoms. The number of aromatic amines is 1. The molecule has 1 saturated heterocycles. The molecule has 0 atom stereocenters. The zero-order valence-electron chi connectivity index (χ0n) is 20.1. The van der Waals surface area contributed by atoms with Crippen LogP contribution in [-0.4, -0.2) is 64.9 Å². The average molecular weight is 655 g/mol. The maximum Gasteiger partial charge on any atom is 0.276 e. The highest BCUT2D eigenvalue weighted by Crippen LogP contribution is 2.20. The van der Waals surface area contributed by atoms with E-state index >= 15 is 0 Å². The third-order valence-corrected chi connectivity index (χ3v) is 7.06. The van der Waals surface area contributed by atoms with Crippen LogP contribution < -0.4 is 16.0 Å². The van der Waals surface area contributed by atoms with Gasteiger partial charge < -0.3 is 28.9 Å². The van der Waals surface area contributed by atoms with Crippen molar-refractivity contribution in [3.63, 3.8) is 0 Å². The molecule has 13 heteroatoms. The first-order chi connectivity index (χ1) is 18.3. The third-order valence-electron chi connectivity index (χ3n) is 6.03. The lowest BCUT2D eigenvalue weighted by molar-refractivity contribution is 0.0921. The number of H-pyrrole nitrogens is 1. The Balaban J connectivity index is 1.28. The largest absolute Gasteiger partial charge is 0.349 e. The summed E-state index contributed by atoms with van der Waals surface area (Å²) in [7, 11) is 0. The number of likely N-dealkylation sites (tertiary alicyclic amines) is 1. The summed E-state index contributed by atoms with van der Waals surface area (Å²) in [5.41, 5.74) is 1.04. The fourth-order valence-electron chi connectivity index (χ4n) is 3.98. The highest BCUT2D eigenvalue weighted by Gasteiger charge is 2.22. The maximum absolute atomic E-state index is 13.2. The van der Waals surface area contributed by atoms with Gasteiger partial charge in [-0.05, 0) is 55.3 Å². The smallest absolute Gasteiger partial charge is 0.276 e. The number of imidazole rings is 1. The fourth-order valence-corrected chi connectivity index (χ4v) is 4.74. The number of piperidine rings is 1. The minimum atomic E-state index is -0.563. The van der Waals surface area contributed by atoms with Gasteiger partial charge in [0, 0.05) is 37.6 Å². The van der Waals surface area contributed by atoms with Gasteiger partial charge in [0.25, 0.3) is 17.7 Å². The molecule has 0 saturated carbocycles. The fraction of sp³-hybridized carbons (Fsp3) is 0.280. The van der Waals surface area contributed by atoms with Gasteiger partial charge in [-0.15, -0.1) is 0 Å². The Morgan fingerprint density at radius 1 is 1.05 bits per heavy atom. The predicted molar refractivity (Wildman–Crippen MR) is 149 cm³/mol. The molecule has 4 rings (SSSR count). The van der Waals surface area contributed by atoms with Gasteiger partial charge in [-0.25, -0.2) is 9.37 Å². The summed E-state index contributed by atoms with van der Waals surface area (Å²) in [6.07, 6.45) is 3.48. The van der Waals surface area contributed by atoms with Gasteiger partial charge in [-0.2, -0.15) is 0 Å². The number of aromatic nitrogens is 2. The molecule has 1 fully saturated rings. The molecule has 4 N–H and O–H groups in total. The summed E-state index contributed by atoms with van der Waals surface area (Å²) < 4.78 is 18.6. The van der Waals surface area contributed by atoms with E-state index in [9.17, 15) is 18.8 Å². The molecule has 200 valence electrons. The van der Waals surface area contributed by atoms with E-state index in [4.69, 9.17) is 14.7 Å². The molecule has 0 spiro atoms. The van der Waals surface area contributed by atoms with Crippen molar-refractivity contribution in [1.82, 2.24) is 20.2 Å². The summed E-state index contributed by atoms with van der Waals surface area (Å²) in [5, 5.41) is 8.17. The normalized spacial score (nSPS) is 14.2. The molecule has 10 nitrogen and oxygen atoms in total. The molecular weight excluding hydrogens is 630 g/mol. The summed E-state index contributed by atoms with van der Waals surface area (Å²) in [6.45, 7) is 2.95. The first kappa shape index (κ1) is 28.0. The van der Waals surface area contributed by atoms with E-state index in [2.05, 4.69) is 30.8 Å². The molecule has 1 aromatic heterocycles. The van der Waals surface area contributed by atoms with Crippen LogP contribution in [0.15, 0.2) is 48.8 Å². The van der Waals surface area contributed by atoms with Crippen LogP contribution >= 0.6 is 34.6 Å². The van der Waals surface area contributed by atoms with Crippen LogP contribution in [0.25, 0.3) is 0 Å². The molecule has 3 amide bonds. The Bertz CT molecular complexity index is 1300. The second kappa shape index (κ2) is 13.1. The van der Waals surface area contributed by atoms with Crippen LogP contribution in [0.5, 0.6) is 0 Å². The van der Waals surface area contributed by atoms with Crippen LogP contribution in [-0.2, 0) is 3.07 Å². The van der Waals surface area contributed by atoms with Crippen LogP contribution in [0.1, 0.15) is 44.2 Å². The number of hydrogen-bond acceptors (Lipinski definition) is 6. The minimum absolute atomic E-state index is 0.00308. The average Bonchev–Trinajstić information content (AvgIpc) is 3.40. The first-order valence-electron chi connectivity index (χ1n) is 11.8.